The van der Waals surface area contributed by atoms with Crippen molar-refractivity contribution in [3.8, 4) is 0 Å². The average Bonchev–Trinajstić information content (AvgIpc) is 2.38. The largest absolute Gasteiger partial charge is 0.314 e. The molecule has 1 aromatic rings. The number of hydrogen-bond donors (Lipinski definition) is 2. The quantitative estimate of drug-likeness (QED) is 0.877. The summed E-state index contributed by atoms with van der Waals surface area (Å²) in [6.07, 6.45) is 4.80. The van der Waals surface area contributed by atoms with E-state index in [0.29, 0.717) is 12.5 Å². The van der Waals surface area contributed by atoms with Gasteiger partial charge in [-0.1, -0.05) is 13.8 Å². The lowest BCUT2D eigenvalue weighted by Gasteiger charge is -2.30. The molecule has 4 nitrogen and oxygen atoms in total. The summed E-state index contributed by atoms with van der Waals surface area (Å²) in [4.78, 5) is 19.2. The molecule has 0 radical (unpaired) electrons. The van der Waals surface area contributed by atoms with Gasteiger partial charge < -0.3 is 10.3 Å². The van der Waals surface area contributed by atoms with Crippen molar-refractivity contribution < 1.29 is 0 Å². The number of H-pyrrole nitrogens is 1. The van der Waals surface area contributed by atoms with Gasteiger partial charge in [0.1, 0.15) is 5.82 Å². The van der Waals surface area contributed by atoms with Crippen LogP contribution in [0.5, 0.6) is 0 Å². The zero-order chi connectivity index (χ0) is 13.8. The van der Waals surface area contributed by atoms with E-state index in [1.165, 1.54) is 12.8 Å². The average molecular weight is 263 g/mol. The first-order valence-electron chi connectivity index (χ1n) is 7.35. The van der Waals surface area contributed by atoms with Gasteiger partial charge in [-0.3, -0.25) is 4.79 Å². The molecule has 2 N–H and O–H groups in total. The lowest BCUT2D eigenvalue weighted by atomic mass is 9.77. The number of nitrogens with zero attached hydrogens (tertiary/aromatic N) is 1. The summed E-state index contributed by atoms with van der Waals surface area (Å²) in [7, 11) is 1.87. The molecule has 0 bridgehead atoms. The summed E-state index contributed by atoms with van der Waals surface area (Å²) in [5.41, 5.74) is 0.813. The second-order valence-electron chi connectivity index (χ2n) is 6.01. The third-order valence-electron chi connectivity index (χ3n) is 4.27. The van der Waals surface area contributed by atoms with Crippen molar-refractivity contribution in [2.24, 2.45) is 11.8 Å². The van der Waals surface area contributed by atoms with Crippen LogP contribution in [0.25, 0.3) is 0 Å². The molecule has 1 heterocycles. The topological polar surface area (TPSA) is 57.8 Å². The van der Waals surface area contributed by atoms with Crippen molar-refractivity contribution in [3.63, 3.8) is 0 Å². The molecule has 0 aromatic carbocycles. The van der Waals surface area contributed by atoms with Crippen LogP contribution in [0.1, 0.15) is 57.0 Å². The van der Waals surface area contributed by atoms with Crippen LogP contribution in [0.15, 0.2) is 10.9 Å². The molecule has 0 aliphatic heterocycles. The predicted octanol–water partition coefficient (Wildman–Crippen LogP) is 2.42. The normalized spacial score (nSPS) is 23.8. The lowest BCUT2D eigenvalue weighted by molar-refractivity contribution is 0.254. The zero-order valence-corrected chi connectivity index (χ0v) is 12.2. The highest BCUT2D eigenvalue weighted by molar-refractivity contribution is 5.07. The van der Waals surface area contributed by atoms with E-state index < -0.39 is 0 Å². The first kappa shape index (κ1) is 14.3. The van der Waals surface area contributed by atoms with Crippen molar-refractivity contribution in [2.75, 3.05) is 7.05 Å². The second-order valence-corrected chi connectivity index (χ2v) is 6.01. The smallest absolute Gasteiger partial charge is 0.251 e. The Morgan fingerprint density at radius 1 is 1.37 bits per heavy atom. The molecular formula is C15H25N3O. The van der Waals surface area contributed by atoms with Gasteiger partial charge >= 0.3 is 0 Å². The third kappa shape index (κ3) is 3.66. The molecule has 0 spiro atoms. The van der Waals surface area contributed by atoms with Crippen molar-refractivity contribution in [2.45, 2.75) is 52.0 Å². The van der Waals surface area contributed by atoms with Crippen molar-refractivity contribution in [1.29, 1.82) is 0 Å². The Kier molecular flexibility index (Phi) is 4.75. The Labute approximate surface area is 115 Å². The number of hydrogen-bond acceptors (Lipinski definition) is 3. The number of nitrogens with one attached hydrogen (secondary N) is 2. The molecule has 0 atom stereocenters. The summed E-state index contributed by atoms with van der Waals surface area (Å²) < 4.78 is 0. The molecule has 1 aromatic heterocycles. The molecule has 1 saturated carbocycles. The van der Waals surface area contributed by atoms with Crippen molar-refractivity contribution in [3.05, 3.63) is 27.9 Å². The minimum Gasteiger partial charge on any atom is -0.314 e. The molecule has 0 amide bonds. The molecule has 19 heavy (non-hydrogen) atoms. The Hall–Kier alpha value is -1.16. The second kappa shape index (κ2) is 6.33. The monoisotopic (exact) mass is 263 g/mol. The van der Waals surface area contributed by atoms with Crippen LogP contribution in [-0.4, -0.2) is 17.0 Å². The fourth-order valence-corrected chi connectivity index (χ4v) is 3.05. The van der Waals surface area contributed by atoms with Crippen LogP contribution in [0, 0.1) is 11.8 Å². The lowest BCUT2D eigenvalue weighted by Crippen LogP contribution is -2.22. The maximum atomic E-state index is 11.7. The summed E-state index contributed by atoms with van der Waals surface area (Å²) in [6, 6.07) is 1.58. The van der Waals surface area contributed by atoms with Gasteiger partial charge in [-0.15, -0.1) is 0 Å². The first-order valence-corrected chi connectivity index (χ1v) is 7.35. The zero-order valence-electron chi connectivity index (χ0n) is 12.2. The Bertz CT molecular complexity index is 459. The Morgan fingerprint density at radius 2 is 2.05 bits per heavy atom. The van der Waals surface area contributed by atoms with Crippen LogP contribution in [0.3, 0.4) is 0 Å². The fourth-order valence-electron chi connectivity index (χ4n) is 3.05. The third-order valence-corrected chi connectivity index (χ3v) is 4.27. The maximum absolute atomic E-state index is 11.7. The standard InChI is InChI=1S/C15H25N3O/c1-10(2)11-4-6-12(7-5-11)15-17-13(9-16-3)8-14(19)18-15/h8,10-12,16H,4-7,9H2,1-3H3,(H,17,18,19). The van der Waals surface area contributed by atoms with Crippen molar-refractivity contribution in [1.82, 2.24) is 15.3 Å². The summed E-state index contributed by atoms with van der Waals surface area (Å²) in [5.74, 6) is 2.92. The predicted molar refractivity (Wildman–Crippen MR) is 77.2 cm³/mol. The van der Waals surface area contributed by atoms with Gasteiger partial charge in [0.05, 0.1) is 5.69 Å². The maximum Gasteiger partial charge on any atom is 0.251 e. The molecule has 1 aliphatic carbocycles. The van der Waals surface area contributed by atoms with Gasteiger partial charge in [0, 0.05) is 18.5 Å². The molecule has 0 saturated heterocycles. The number of aromatic amines is 1. The SMILES string of the molecule is CNCc1cc(=O)[nH]c(C2CCC(C(C)C)CC2)n1. The molecule has 4 heteroatoms. The fraction of sp³-hybridized carbons (Fsp3) is 0.733. The highest BCUT2D eigenvalue weighted by Crippen LogP contribution is 2.37. The molecule has 106 valence electrons. The van der Waals surface area contributed by atoms with E-state index in [1.54, 1.807) is 6.07 Å². The van der Waals surface area contributed by atoms with Gasteiger partial charge in [-0.25, -0.2) is 4.98 Å². The minimum absolute atomic E-state index is 0.0266. The number of rotatable bonds is 4. The van der Waals surface area contributed by atoms with E-state index in [1.807, 2.05) is 7.05 Å². The van der Waals surface area contributed by atoms with E-state index in [-0.39, 0.29) is 5.56 Å². The van der Waals surface area contributed by atoms with Crippen LogP contribution >= 0.6 is 0 Å². The summed E-state index contributed by atoms with van der Waals surface area (Å²) in [6.45, 7) is 5.26. The van der Waals surface area contributed by atoms with Crippen LogP contribution in [0.4, 0.5) is 0 Å². The molecule has 0 unspecified atom stereocenters. The van der Waals surface area contributed by atoms with Gasteiger partial charge in [0.15, 0.2) is 0 Å². The van der Waals surface area contributed by atoms with Crippen LogP contribution in [0.2, 0.25) is 0 Å². The van der Waals surface area contributed by atoms with Crippen LogP contribution in [-0.2, 0) is 6.54 Å². The minimum atomic E-state index is -0.0266. The van der Waals surface area contributed by atoms with Gasteiger partial charge in [0.2, 0.25) is 0 Å². The van der Waals surface area contributed by atoms with Gasteiger partial charge in [-0.2, -0.15) is 0 Å². The van der Waals surface area contributed by atoms with Crippen molar-refractivity contribution >= 4 is 0 Å². The first-order chi connectivity index (χ1) is 9.10. The Balaban J connectivity index is 2.08. The molecular weight excluding hydrogens is 238 g/mol. The summed E-state index contributed by atoms with van der Waals surface area (Å²) in [5, 5.41) is 3.05. The molecule has 2 rings (SSSR count). The van der Waals surface area contributed by atoms with E-state index in [9.17, 15) is 4.79 Å². The van der Waals surface area contributed by atoms with Gasteiger partial charge in [-0.05, 0) is 44.6 Å². The van der Waals surface area contributed by atoms with E-state index >= 15 is 0 Å². The van der Waals surface area contributed by atoms with E-state index in [2.05, 4.69) is 29.1 Å². The number of aromatic nitrogens is 2. The molecule has 1 aliphatic rings. The Morgan fingerprint density at radius 3 is 2.63 bits per heavy atom. The molecule has 1 fully saturated rings. The van der Waals surface area contributed by atoms with E-state index in [4.69, 9.17) is 0 Å². The van der Waals surface area contributed by atoms with Crippen LogP contribution < -0.4 is 10.9 Å². The highest BCUT2D eigenvalue weighted by atomic mass is 16.1. The highest BCUT2D eigenvalue weighted by Gasteiger charge is 2.25. The van der Waals surface area contributed by atoms with Gasteiger partial charge in [0.25, 0.3) is 5.56 Å². The summed E-state index contributed by atoms with van der Waals surface area (Å²) >= 11 is 0. The van der Waals surface area contributed by atoms with E-state index in [0.717, 1.165) is 36.2 Å².